The van der Waals surface area contributed by atoms with Crippen LogP contribution in [0.3, 0.4) is 0 Å². The molecule has 0 spiro atoms. The third-order valence-corrected chi connectivity index (χ3v) is 5.02. The molecule has 0 aliphatic carbocycles. The first-order chi connectivity index (χ1) is 13.0. The second kappa shape index (κ2) is 9.54. The second-order valence-corrected chi connectivity index (χ2v) is 9.04. The van der Waals surface area contributed by atoms with Crippen molar-refractivity contribution in [3.63, 3.8) is 0 Å². The monoisotopic (exact) mass is 454 g/mol. The van der Waals surface area contributed by atoms with Crippen molar-refractivity contribution >= 4 is 34.0 Å². The summed E-state index contributed by atoms with van der Waals surface area (Å²) in [5, 5.41) is 0. The van der Waals surface area contributed by atoms with Gasteiger partial charge in [-0.3, -0.25) is 4.79 Å². The van der Waals surface area contributed by atoms with Crippen molar-refractivity contribution in [3.8, 4) is 0 Å². The normalized spacial score (nSPS) is 15.7. The van der Waals surface area contributed by atoms with Gasteiger partial charge in [-0.1, -0.05) is 15.9 Å². The molecule has 1 aromatic carbocycles. The van der Waals surface area contributed by atoms with Gasteiger partial charge in [-0.2, -0.15) is 0 Å². The van der Waals surface area contributed by atoms with Gasteiger partial charge in [0.25, 0.3) is 0 Å². The average Bonchev–Trinajstić information content (AvgIpc) is 2.61. The van der Waals surface area contributed by atoms with E-state index in [1.165, 1.54) is 18.2 Å². The van der Waals surface area contributed by atoms with Gasteiger partial charge < -0.3 is 14.5 Å². The molecule has 0 aromatic heterocycles. The molecule has 0 atom stereocenters. The number of nitrogens with zero attached hydrogens (tertiary/aromatic N) is 2. The summed E-state index contributed by atoms with van der Waals surface area (Å²) in [6.07, 6.45) is 4.23. The Labute approximate surface area is 174 Å². The molecule has 0 bridgehead atoms. The molecule has 5 nitrogen and oxygen atoms in total. The van der Waals surface area contributed by atoms with Crippen LogP contribution in [-0.4, -0.2) is 54.1 Å². The van der Waals surface area contributed by atoms with Gasteiger partial charge in [0.2, 0.25) is 5.91 Å². The summed E-state index contributed by atoms with van der Waals surface area (Å²) >= 11 is 3.30. The zero-order chi connectivity index (χ0) is 20.9. The van der Waals surface area contributed by atoms with E-state index >= 15 is 0 Å². The summed E-state index contributed by atoms with van der Waals surface area (Å²) in [6.45, 7) is 7.38. The van der Waals surface area contributed by atoms with Crippen molar-refractivity contribution in [1.82, 2.24) is 9.80 Å². The highest BCUT2D eigenvalue weighted by Gasteiger charge is 2.26. The Morgan fingerprint density at radius 2 is 1.96 bits per heavy atom. The van der Waals surface area contributed by atoms with E-state index in [1.807, 2.05) is 20.8 Å². The molecule has 154 valence electrons. The van der Waals surface area contributed by atoms with Crippen LogP contribution in [0, 0.1) is 11.7 Å². The smallest absolute Gasteiger partial charge is 0.410 e. The zero-order valence-corrected chi connectivity index (χ0v) is 18.5. The molecular weight excluding hydrogens is 427 g/mol. The SMILES string of the molecule is CN(CC1CCN(C(=O)/C=C/c2cc(Br)ccc2F)CC1)C(=O)OC(C)(C)C. The molecule has 1 saturated heterocycles. The van der Waals surface area contributed by atoms with E-state index in [2.05, 4.69) is 15.9 Å². The summed E-state index contributed by atoms with van der Waals surface area (Å²) in [4.78, 5) is 27.8. The lowest BCUT2D eigenvalue weighted by molar-refractivity contribution is -0.127. The summed E-state index contributed by atoms with van der Waals surface area (Å²) in [6, 6.07) is 4.62. The van der Waals surface area contributed by atoms with Gasteiger partial charge in [0, 0.05) is 42.8 Å². The van der Waals surface area contributed by atoms with Crippen LogP contribution in [-0.2, 0) is 9.53 Å². The van der Waals surface area contributed by atoms with Gasteiger partial charge >= 0.3 is 6.09 Å². The third kappa shape index (κ3) is 6.93. The molecule has 2 rings (SSSR count). The van der Waals surface area contributed by atoms with E-state index in [1.54, 1.807) is 29.0 Å². The first-order valence-corrected chi connectivity index (χ1v) is 10.2. The number of carbonyl (C=O) groups is 2. The van der Waals surface area contributed by atoms with Crippen LogP contribution < -0.4 is 0 Å². The summed E-state index contributed by atoms with van der Waals surface area (Å²) in [7, 11) is 1.74. The van der Waals surface area contributed by atoms with Crippen molar-refractivity contribution in [1.29, 1.82) is 0 Å². The van der Waals surface area contributed by atoms with E-state index in [0.717, 1.165) is 17.3 Å². The summed E-state index contributed by atoms with van der Waals surface area (Å²) < 4.78 is 19.9. The fourth-order valence-corrected chi connectivity index (χ4v) is 3.43. The molecule has 0 N–H and O–H groups in total. The number of amides is 2. The van der Waals surface area contributed by atoms with Crippen LogP contribution in [0.15, 0.2) is 28.7 Å². The Hall–Kier alpha value is -1.89. The van der Waals surface area contributed by atoms with Gasteiger partial charge in [0.1, 0.15) is 11.4 Å². The minimum atomic E-state index is -0.513. The standard InChI is InChI=1S/C21H28BrFN2O3/c1-21(2,3)28-20(27)24(4)14-15-9-11-25(12-10-15)19(26)8-5-16-13-17(22)6-7-18(16)23/h5-8,13,15H,9-12,14H2,1-4H3/b8-5+. The molecule has 1 heterocycles. The lowest BCUT2D eigenvalue weighted by Crippen LogP contribution is -2.42. The largest absolute Gasteiger partial charge is 0.444 e. The Kier molecular flexibility index (Phi) is 7.63. The second-order valence-electron chi connectivity index (χ2n) is 8.13. The minimum absolute atomic E-state index is 0.127. The average molecular weight is 455 g/mol. The van der Waals surface area contributed by atoms with Gasteiger partial charge in [-0.05, 0) is 63.8 Å². The number of hydrogen-bond acceptors (Lipinski definition) is 3. The lowest BCUT2D eigenvalue weighted by atomic mass is 9.96. The predicted octanol–water partition coefficient (Wildman–Crippen LogP) is 4.71. The van der Waals surface area contributed by atoms with E-state index < -0.39 is 5.60 Å². The number of ether oxygens (including phenoxy) is 1. The van der Waals surface area contributed by atoms with Crippen molar-refractivity contribution in [3.05, 3.63) is 40.1 Å². The molecule has 1 aromatic rings. The Morgan fingerprint density at radius 1 is 1.32 bits per heavy atom. The van der Waals surface area contributed by atoms with Gasteiger partial charge in [-0.15, -0.1) is 0 Å². The number of hydrogen-bond donors (Lipinski definition) is 0. The topological polar surface area (TPSA) is 49.9 Å². The molecule has 1 fully saturated rings. The summed E-state index contributed by atoms with van der Waals surface area (Å²) in [5.41, 5.74) is -0.141. The molecule has 0 radical (unpaired) electrons. The highest BCUT2D eigenvalue weighted by Crippen LogP contribution is 2.21. The van der Waals surface area contributed by atoms with Crippen molar-refractivity contribution < 1.29 is 18.7 Å². The third-order valence-electron chi connectivity index (χ3n) is 4.53. The molecule has 0 unspecified atom stereocenters. The molecule has 2 amide bonds. The number of piperidine rings is 1. The molecule has 7 heteroatoms. The van der Waals surface area contributed by atoms with Gasteiger partial charge in [-0.25, -0.2) is 9.18 Å². The fourth-order valence-electron chi connectivity index (χ4n) is 3.05. The van der Waals surface area contributed by atoms with Crippen LogP contribution in [0.25, 0.3) is 6.08 Å². The maximum absolute atomic E-state index is 13.8. The van der Waals surface area contributed by atoms with Crippen LogP contribution in [0.5, 0.6) is 0 Å². The maximum atomic E-state index is 13.8. The zero-order valence-electron chi connectivity index (χ0n) is 16.9. The number of likely N-dealkylation sites (tertiary alicyclic amines) is 1. The predicted molar refractivity (Wildman–Crippen MR) is 111 cm³/mol. The molecule has 1 aliphatic heterocycles. The van der Waals surface area contributed by atoms with E-state index in [-0.39, 0.29) is 17.8 Å². The Morgan fingerprint density at radius 3 is 2.57 bits per heavy atom. The van der Waals surface area contributed by atoms with Gasteiger partial charge in [0.05, 0.1) is 0 Å². The highest BCUT2D eigenvalue weighted by atomic mass is 79.9. The number of benzene rings is 1. The van der Waals surface area contributed by atoms with Crippen molar-refractivity contribution in [2.45, 2.75) is 39.2 Å². The number of rotatable bonds is 4. The quantitative estimate of drug-likeness (QED) is 0.619. The summed E-state index contributed by atoms with van der Waals surface area (Å²) in [5.74, 6) is -0.164. The van der Waals surface area contributed by atoms with Crippen LogP contribution in [0.1, 0.15) is 39.2 Å². The Balaban J connectivity index is 1.83. The van der Waals surface area contributed by atoms with Crippen molar-refractivity contribution in [2.24, 2.45) is 5.92 Å². The van der Waals surface area contributed by atoms with E-state index in [4.69, 9.17) is 4.74 Å². The molecule has 0 saturated carbocycles. The fraction of sp³-hybridized carbons (Fsp3) is 0.524. The lowest BCUT2D eigenvalue weighted by Gasteiger charge is -2.34. The maximum Gasteiger partial charge on any atom is 0.410 e. The number of carbonyl (C=O) groups excluding carboxylic acids is 2. The van der Waals surface area contributed by atoms with E-state index in [9.17, 15) is 14.0 Å². The van der Waals surface area contributed by atoms with Gasteiger partial charge in [0.15, 0.2) is 0 Å². The van der Waals surface area contributed by atoms with Crippen LogP contribution in [0.2, 0.25) is 0 Å². The first kappa shape index (κ1) is 22.4. The molecular formula is C21H28BrFN2O3. The molecule has 1 aliphatic rings. The highest BCUT2D eigenvalue weighted by molar-refractivity contribution is 9.10. The first-order valence-electron chi connectivity index (χ1n) is 9.41. The minimum Gasteiger partial charge on any atom is -0.444 e. The van der Waals surface area contributed by atoms with Crippen molar-refractivity contribution in [2.75, 3.05) is 26.7 Å². The molecule has 28 heavy (non-hydrogen) atoms. The number of halogens is 2. The van der Waals surface area contributed by atoms with E-state index in [0.29, 0.717) is 31.1 Å². The Bertz CT molecular complexity index is 738. The van der Waals surface area contributed by atoms with Crippen LogP contribution >= 0.6 is 15.9 Å². The van der Waals surface area contributed by atoms with Crippen LogP contribution in [0.4, 0.5) is 9.18 Å².